The van der Waals surface area contributed by atoms with Gasteiger partial charge in [-0.1, -0.05) is 31.2 Å². The van der Waals surface area contributed by atoms with Gasteiger partial charge < -0.3 is 10.4 Å². The van der Waals surface area contributed by atoms with Crippen LogP contribution in [0.1, 0.15) is 24.3 Å². The molecule has 0 radical (unpaired) electrons. The first-order chi connectivity index (χ1) is 7.29. The maximum atomic E-state index is 9.92. The van der Waals surface area contributed by atoms with Crippen molar-refractivity contribution in [3.05, 3.63) is 35.4 Å². The van der Waals surface area contributed by atoms with Gasteiger partial charge >= 0.3 is 0 Å². The van der Waals surface area contributed by atoms with Gasteiger partial charge in [0.25, 0.3) is 0 Å². The summed E-state index contributed by atoms with van der Waals surface area (Å²) in [5, 5.41) is 16.0. The Bertz CT molecular complexity index is 289. The third-order valence-electron chi connectivity index (χ3n) is 2.44. The van der Waals surface area contributed by atoms with E-state index >= 15 is 0 Å². The first-order valence-corrected chi connectivity index (χ1v) is 5.43. The summed E-state index contributed by atoms with van der Waals surface area (Å²) >= 11 is 0. The Hall–Kier alpha value is -0.900. The van der Waals surface area contributed by atoms with E-state index in [1.807, 2.05) is 25.2 Å². The second kappa shape index (κ2) is 6.56. The van der Waals surface area contributed by atoms with E-state index < -0.39 is 6.23 Å². The summed E-state index contributed by atoms with van der Waals surface area (Å²) in [6.45, 7) is 3.71. The van der Waals surface area contributed by atoms with Gasteiger partial charge in [0.1, 0.15) is 6.23 Å². The fourth-order valence-electron chi connectivity index (χ4n) is 1.57. The molecule has 84 valence electrons. The Morgan fingerprint density at radius 3 is 2.67 bits per heavy atom. The predicted octanol–water partition coefficient (Wildman–Crippen LogP) is 1.05. The Kier molecular flexibility index (Phi) is 5.32. The maximum absolute atomic E-state index is 9.92. The molecule has 1 aromatic rings. The number of hydrogen-bond donors (Lipinski definition) is 3. The van der Waals surface area contributed by atoms with Crippen molar-refractivity contribution in [1.82, 2.24) is 10.6 Å². The monoisotopic (exact) mass is 208 g/mol. The molecule has 15 heavy (non-hydrogen) atoms. The summed E-state index contributed by atoms with van der Waals surface area (Å²) in [6, 6.07) is 7.98. The SMILES string of the molecule is CCc1ccccc1C(O)NCCNC. The first kappa shape index (κ1) is 12.2. The second-order valence-electron chi connectivity index (χ2n) is 3.51. The van der Waals surface area contributed by atoms with Crippen molar-refractivity contribution < 1.29 is 5.11 Å². The van der Waals surface area contributed by atoms with Crippen LogP contribution in [0.25, 0.3) is 0 Å². The molecule has 0 saturated carbocycles. The van der Waals surface area contributed by atoms with Gasteiger partial charge in [-0.15, -0.1) is 0 Å². The minimum atomic E-state index is -0.561. The highest BCUT2D eigenvalue weighted by atomic mass is 16.3. The Morgan fingerprint density at radius 1 is 1.27 bits per heavy atom. The van der Waals surface area contributed by atoms with Crippen LogP contribution in [0.4, 0.5) is 0 Å². The maximum Gasteiger partial charge on any atom is 0.131 e. The van der Waals surface area contributed by atoms with Gasteiger partial charge in [-0.3, -0.25) is 5.32 Å². The number of hydrogen-bond acceptors (Lipinski definition) is 3. The molecule has 0 aliphatic carbocycles. The molecule has 1 aromatic carbocycles. The van der Waals surface area contributed by atoms with Crippen LogP contribution in [0.5, 0.6) is 0 Å². The molecule has 1 unspecified atom stereocenters. The average Bonchev–Trinajstić information content (AvgIpc) is 2.29. The Balaban J connectivity index is 2.59. The van der Waals surface area contributed by atoms with Crippen molar-refractivity contribution in [3.8, 4) is 0 Å². The summed E-state index contributed by atoms with van der Waals surface area (Å²) in [6.07, 6.45) is 0.385. The molecule has 0 aliphatic heterocycles. The number of likely N-dealkylation sites (N-methyl/N-ethyl adjacent to an activating group) is 1. The molecule has 3 nitrogen and oxygen atoms in total. The molecule has 0 aliphatic rings. The second-order valence-corrected chi connectivity index (χ2v) is 3.51. The zero-order chi connectivity index (χ0) is 11.1. The normalized spacial score (nSPS) is 12.7. The number of aliphatic hydroxyl groups is 1. The minimum Gasteiger partial charge on any atom is -0.374 e. The van der Waals surface area contributed by atoms with E-state index in [9.17, 15) is 5.11 Å². The molecule has 0 saturated heterocycles. The van der Waals surface area contributed by atoms with Crippen molar-refractivity contribution >= 4 is 0 Å². The van der Waals surface area contributed by atoms with E-state index in [2.05, 4.69) is 23.6 Å². The summed E-state index contributed by atoms with van der Waals surface area (Å²) in [7, 11) is 1.90. The summed E-state index contributed by atoms with van der Waals surface area (Å²) in [5.41, 5.74) is 2.18. The van der Waals surface area contributed by atoms with Crippen LogP contribution in [-0.2, 0) is 6.42 Å². The number of aliphatic hydroxyl groups excluding tert-OH is 1. The topological polar surface area (TPSA) is 44.3 Å². The number of benzene rings is 1. The van der Waals surface area contributed by atoms with E-state index in [1.54, 1.807) is 0 Å². The van der Waals surface area contributed by atoms with E-state index in [0.717, 1.165) is 25.1 Å². The Morgan fingerprint density at radius 2 is 2.00 bits per heavy atom. The van der Waals surface area contributed by atoms with Crippen LogP contribution in [0, 0.1) is 0 Å². The van der Waals surface area contributed by atoms with Crippen LogP contribution in [-0.4, -0.2) is 25.2 Å². The van der Waals surface area contributed by atoms with Crippen molar-refractivity contribution in [3.63, 3.8) is 0 Å². The smallest absolute Gasteiger partial charge is 0.131 e. The van der Waals surface area contributed by atoms with Crippen molar-refractivity contribution in [2.24, 2.45) is 0 Å². The van der Waals surface area contributed by atoms with Crippen LogP contribution in [0.3, 0.4) is 0 Å². The largest absolute Gasteiger partial charge is 0.374 e. The highest BCUT2D eigenvalue weighted by molar-refractivity contribution is 5.28. The van der Waals surface area contributed by atoms with E-state index in [1.165, 1.54) is 5.56 Å². The molecule has 0 fully saturated rings. The van der Waals surface area contributed by atoms with Gasteiger partial charge in [0, 0.05) is 13.1 Å². The third kappa shape index (κ3) is 3.63. The highest BCUT2D eigenvalue weighted by Gasteiger charge is 2.09. The average molecular weight is 208 g/mol. The quantitative estimate of drug-likeness (QED) is 0.483. The lowest BCUT2D eigenvalue weighted by molar-refractivity contribution is 0.139. The van der Waals surface area contributed by atoms with Crippen LogP contribution >= 0.6 is 0 Å². The fourth-order valence-corrected chi connectivity index (χ4v) is 1.57. The summed E-state index contributed by atoms with van der Waals surface area (Å²) in [4.78, 5) is 0. The van der Waals surface area contributed by atoms with E-state index in [-0.39, 0.29) is 0 Å². The van der Waals surface area contributed by atoms with Gasteiger partial charge in [-0.2, -0.15) is 0 Å². The zero-order valence-electron chi connectivity index (χ0n) is 9.46. The van der Waals surface area contributed by atoms with Crippen molar-refractivity contribution in [2.75, 3.05) is 20.1 Å². The first-order valence-electron chi connectivity index (χ1n) is 5.43. The van der Waals surface area contributed by atoms with Crippen LogP contribution in [0.15, 0.2) is 24.3 Å². The molecule has 0 amide bonds. The highest BCUT2D eigenvalue weighted by Crippen LogP contribution is 2.15. The van der Waals surface area contributed by atoms with E-state index in [4.69, 9.17) is 0 Å². The molecule has 1 rings (SSSR count). The summed E-state index contributed by atoms with van der Waals surface area (Å²) in [5.74, 6) is 0. The van der Waals surface area contributed by atoms with E-state index in [0.29, 0.717) is 0 Å². The van der Waals surface area contributed by atoms with Crippen molar-refractivity contribution in [2.45, 2.75) is 19.6 Å². The number of aryl methyl sites for hydroxylation is 1. The molecule has 3 heteroatoms. The number of nitrogens with one attached hydrogen (secondary N) is 2. The Labute approximate surface area is 91.5 Å². The van der Waals surface area contributed by atoms with Gasteiger partial charge in [-0.25, -0.2) is 0 Å². The third-order valence-corrected chi connectivity index (χ3v) is 2.44. The molecule has 0 bridgehead atoms. The predicted molar refractivity (Wildman–Crippen MR) is 62.7 cm³/mol. The molecule has 0 aromatic heterocycles. The standard InChI is InChI=1S/C12H20N2O/c1-3-10-6-4-5-7-11(10)12(15)14-9-8-13-2/h4-7,12-15H,3,8-9H2,1-2H3. The molecule has 0 spiro atoms. The molecule has 1 atom stereocenters. The van der Waals surface area contributed by atoms with Gasteiger partial charge in [-0.05, 0) is 24.6 Å². The van der Waals surface area contributed by atoms with Crippen molar-refractivity contribution in [1.29, 1.82) is 0 Å². The molecular formula is C12H20N2O. The fraction of sp³-hybridized carbons (Fsp3) is 0.500. The molecule has 0 heterocycles. The zero-order valence-corrected chi connectivity index (χ0v) is 9.46. The van der Waals surface area contributed by atoms with Gasteiger partial charge in [0.2, 0.25) is 0 Å². The molecule has 3 N–H and O–H groups in total. The lowest BCUT2D eigenvalue weighted by atomic mass is 10.0. The van der Waals surface area contributed by atoms with Crippen LogP contribution < -0.4 is 10.6 Å². The van der Waals surface area contributed by atoms with Gasteiger partial charge in [0.15, 0.2) is 0 Å². The lowest BCUT2D eigenvalue weighted by Gasteiger charge is -2.16. The van der Waals surface area contributed by atoms with Crippen LogP contribution in [0.2, 0.25) is 0 Å². The number of rotatable bonds is 6. The molecular weight excluding hydrogens is 188 g/mol. The van der Waals surface area contributed by atoms with Gasteiger partial charge in [0.05, 0.1) is 0 Å². The summed E-state index contributed by atoms with van der Waals surface area (Å²) < 4.78 is 0. The minimum absolute atomic E-state index is 0.561. The lowest BCUT2D eigenvalue weighted by Crippen LogP contribution is -2.29.